The van der Waals surface area contributed by atoms with Gasteiger partial charge >= 0.3 is 0 Å². The largest absolute Gasteiger partial charge is 0.497 e. The molecule has 29 heavy (non-hydrogen) atoms. The molecule has 0 atom stereocenters. The quantitative estimate of drug-likeness (QED) is 0.378. The third-order valence-electron chi connectivity index (χ3n) is 4.62. The molecule has 4 rings (SSSR count). The lowest BCUT2D eigenvalue weighted by atomic mass is 10.2. The molecule has 0 radical (unpaired) electrons. The summed E-state index contributed by atoms with van der Waals surface area (Å²) in [6, 6.07) is 15.2. The zero-order valence-electron chi connectivity index (χ0n) is 16.1. The van der Waals surface area contributed by atoms with Gasteiger partial charge < -0.3 is 14.6 Å². The molecule has 0 spiro atoms. The van der Waals surface area contributed by atoms with E-state index >= 15 is 0 Å². The van der Waals surface area contributed by atoms with Crippen LogP contribution in [0.2, 0.25) is 10.0 Å². The Morgan fingerprint density at radius 2 is 1.86 bits per heavy atom. The molecule has 7 heteroatoms. The predicted octanol–water partition coefficient (Wildman–Crippen LogP) is 6.57. The van der Waals surface area contributed by atoms with Crippen molar-refractivity contribution in [2.24, 2.45) is 0 Å². The van der Waals surface area contributed by atoms with E-state index in [1.807, 2.05) is 48.5 Å². The molecule has 4 aromatic rings. The van der Waals surface area contributed by atoms with Crippen molar-refractivity contribution in [3.8, 4) is 17.1 Å². The van der Waals surface area contributed by atoms with E-state index in [1.54, 1.807) is 13.3 Å². The zero-order chi connectivity index (χ0) is 20.4. The summed E-state index contributed by atoms with van der Waals surface area (Å²) in [5, 5.41) is 4.43. The molecule has 0 amide bonds. The number of rotatable bonds is 6. The number of nitrogens with zero attached hydrogens (tertiary/aromatic N) is 3. The van der Waals surface area contributed by atoms with Crippen LogP contribution in [0.3, 0.4) is 0 Å². The fourth-order valence-corrected chi connectivity index (χ4v) is 3.75. The number of ether oxygens (including phenoxy) is 1. The Bertz CT molecular complexity index is 1160. The average Bonchev–Trinajstić information content (AvgIpc) is 3.10. The third-order valence-corrected chi connectivity index (χ3v) is 5.21. The van der Waals surface area contributed by atoms with Crippen molar-refractivity contribution in [1.29, 1.82) is 0 Å². The molecule has 148 valence electrons. The number of aromatic nitrogens is 3. The summed E-state index contributed by atoms with van der Waals surface area (Å²) in [5.41, 5.74) is 3.51. The second-order valence-electron chi connectivity index (χ2n) is 6.60. The maximum absolute atomic E-state index is 6.53. The fourth-order valence-electron chi connectivity index (χ4n) is 3.27. The Balaban J connectivity index is 1.70. The number of hydrogen-bond acceptors (Lipinski definition) is 4. The average molecular weight is 427 g/mol. The topological polar surface area (TPSA) is 52.0 Å². The number of methoxy groups -OCH3 is 1. The van der Waals surface area contributed by atoms with Crippen LogP contribution in [0.1, 0.15) is 13.3 Å². The highest BCUT2D eigenvalue weighted by Crippen LogP contribution is 2.33. The van der Waals surface area contributed by atoms with Crippen LogP contribution < -0.4 is 10.1 Å². The molecule has 1 N–H and O–H groups in total. The van der Waals surface area contributed by atoms with Gasteiger partial charge in [-0.05, 0) is 48.9 Å². The van der Waals surface area contributed by atoms with Crippen LogP contribution in [0.5, 0.6) is 5.75 Å². The van der Waals surface area contributed by atoms with Gasteiger partial charge in [-0.15, -0.1) is 0 Å². The van der Waals surface area contributed by atoms with Crippen LogP contribution in [-0.4, -0.2) is 21.6 Å². The summed E-state index contributed by atoms with van der Waals surface area (Å²) in [6.07, 6.45) is 2.74. The Labute approximate surface area is 179 Å². The molecule has 2 aromatic heterocycles. The van der Waals surface area contributed by atoms with Crippen molar-refractivity contribution >= 4 is 45.7 Å². The van der Waals surface area contributed by atoms with E-state index in [1.165, 1.54) is 0 Å². The Kier molecular flexibility index (Phi) is 5.60. The molecule has 0 saturated heterocycles. The molecular weight excluding hydrogens is 407 g/mol. The van der Waals surface area contributed by atoms with Gasteiger partial charge in [0.1, 0.15) is 17.4 Å². The number of benzene rings is 2. The van der Waals surface area contributed by atoms with Crippen molar-refractivity contribution in [2.75, 3.05) is 12.4 Å². The summed E-state index contributed by atoms with van der Waals surface area (Å²) in [5.74, 6) is 2.18. The molecule has 0 saturated carbocycles. The number of pyridine rings is 1. The van der Waals surface area contributed by atoms with Crippen LogP contribution in [0.15, 0.2) is 54.7 Å². The van der Waals surface area contributed by atoms with E-state index in [9.17, 15) is 0 Å². The fraction of sp³-hybridized carbons (Fsp3) is 0.182. The predicted molar refractivity (Wildman–Crippen MR) is 120 cm³/mol. The molecule has 5 nitrogen and oxygen atoms in total. The lowest BCUT2D eigenvalue weighted by molar-refractivity contribution is 0.415. The molecule has 0 fully saturated rings. The van der Waals surface area contributed by atoms with Crippen LogP contribution in [0.4, 0.5) is 11.5 Å². The van der Waals surface area contributed by atoms with E-state index in [0.717, 1.165) is 46.8 Å². The first-order valence-electron chi connectivity index (χ1n) is 9.32. The number of anilines is 2. The summed E-state index contributed by atoms with van der Waals surface area (Å²) in [7, 11) is 1.64. The Morgan fingerprint density at radius 1 is 1.07 bits per heavy atom. The second-order valence-corrected chi connectivity index (χ2v) is 7.42. The van der Waals surface area contributed by atoms with Crippen molar-refractivity contribution in [1.82, 2.24) is 14.5 Å². The van der Waals surface area contributed by atoms with Gasteiger partial charge in [0.05, 0.1) is 28.2 Å². The number of para-hydroxylation sites is 1. The minimum absolute atomic E-state index is 0.513. The number of fused-ring (bicyclic) bond motifs is 1. The Hall–Kier alpha value is -2.76. The Morgan fingerprint density at radius 3 is 2.55 bits per heavy atom. The molecule has 0 unspecified atom stereocenters. The smallest absolute Gasteiger partial charge is 0.149 e. The highest BCUT2D eigenvalue weighted by molar-refractivity contribution is 6.35. The van der Waals surface area contributed by atoms with E-state index in [0.29, 0.717) is 15.9 Å². The van der Waals surface area contributed by atoms with Crippen LogP contribution in [-0.2, 0) is 6.54 Å². The third kappa shape index (κ3) is 3.88. The van der Waals surface area contributed by atoms with Crippen molar-refractivity contribution in [2.45, 2.75) is 19.9 Å². The van der Waals surface area contributed by atoms with E-state index in [-0.39, 0.29) is 0 Å². The summed E-state index contributed by atoms with van der Waals surface area (Å²) in [4.78, 5) is 9.31. The monoisotopic (exact) mass is 426 g/mol. The van der Waals surface area contributed by atoms with Gasteiger partial charge in [0.25, 0.3) is 0 Å². The molecule has 0 aliphatic rings. The minimum Gasteiger partial charge on any atom is -0.497 e. The number of nitrogens with one attached hydrogen (secondary N) is 1. The summed E-state index contributed by atoms with van der Waals surface area (Å²) >= 11 is 13.0. The van der Waals surface area contributed by atoms with Crippen molar-refractivity contribution in [3.63, 3.8) is 0 Å². The van der Waals surface area contributed by atoms with E-state index in [2.05, 4.69) is 21.8 Å². The molecular formula is C22H20Cl2N4O. The summed E-state index contributed by atoms with van der Waals surface area (Å²) in [6.45, 7) is 2.93. The number of aryl methyl sites for hydroxylation is 1. The highest BCUT2D eigenvalue weighted by Gasteiger charge is 2.16. The van der Waals surface area contributed by atoms with Crippen LogP contribution >= 0.6 is 23.2 Å². The molecule has 2 aromatic carbocycles. The van der Waals surface area contributed by atoms with Gasteiger partial charge in [0, 0.05) is 24.0 Å². The van der Waals surface area contributed by atoms with Gasteiger partial charge in [0.15, 0.2) is 0 Å². The maximum Gasteiger partial charge on any atom is 0.149 e. The molecule has 0 aliphatic carbocycles. The highest BCUT2D eigenvalue weighted by atomic mass is 35.5. The summed E-state index contributed by atoms with van der Waals surface area (Å²) < 4.78 is 7.31. The van der Waals surface area contributed by atoms with Gasteiger partial charge in [-0.3, -0.25) is 0 Å². The second kappa shape index (κ2) is 8.31. The number of halogens is 2. The SMILES string of the molecule is CCCn1c(-c2cnc(Nc3ccc(OC)cc3)c(Cl)c2)nc2cccc(Cl)c21. The van der Waals surface area contributed by atoms with Crippen LogP contribution in [0.25, 0.3) is 22.4 Å². The van der Waals surface area contributed by atoms with Crippen LogP contribution in [0, 0.1) is 0 Å². The molecule has 2 heterocycles. The first-order valence-corrected chi connectivity index (χ1v) is 10.1. The van der Waals surface area contributed by atoms with Crippen molar-refractivity contribution < 1.29 is 4.74 Å². The molecule has 0 aliphatic heterocycles. The lowest BCUT2D eigenvalue weighted by Crippen LogP contribution is -2.01. The first-order chi connectivity index (χ1) is 14.1. The van der Waals surface area contributed by atoms with Gasteiger partial charge in [0.2, 0.25) is 0 Å². The van der Waals surface area contributed by atoms with Gasteiger partial charge in [-0.2, -0.15) is 0 Å². The first kappa shape index (κ1) is 19.6. The zero-order valence-corrected chi connectivity index (χ0v) is 17.6. The minimum atomic E-state index is 0.513. The standard InChI is InChI=1S/C22H20Cl2N4O/c1-3-11-28-20-17(23)5-4-6-19(20)27-22(28)14-12-18(24)21(25-13-14)26-15-7-9-16(29-2)10-8-15/h4-10,12-13H,3,11H2,1-2H3,(H,25,26). The normalized spacial score (nSPS) is 11.0. The number of hydrogen-bond donors (Lipinski definition) is 1. The van der Waals surface area contributed by atoms with E-state index in [4.69, 9.17) is 32.9 Å². The lowest BCUT2D eigenvalue weighted by Gasteiger charge is -2.11. The molecule has 0 bridgehead atoms. The van der Waals surface area contributed by atoms with Gasteiger partial charge in [-0.25, -0.2) is 9.97 Å². The van der Waals surface area contributed by atoms with Gasteiger partial charge in [-0.1, -0.05) is 36.2 Å². The van der Waals surface area contributed by atoms with E-state index < -0.39 is 0 Å². The maximum atomic E-state index is 6.53. The van der Waals surface area contributed by atoms with Crippen molar-refractivity contribution in [3.05, 3.63) is 64.8 Å². The number of imidazole rings is 1.